The summed E-state index contributed by atoms with van der Waals surface area (Å²) in [6.45, 7) is 6.70. The molecule has 16 heavy (non-hydrogen) atoms. The number of hydrogen-bond acceptors (Lipinski definition) is 5. The summed E-state index contributed by atoms with van der Waals surface area (Å²) in [7, 11) is 0. The predicted octanol–water partition coefficient (Wildman–Crippen LogP) is 1.70. The molecule has 2 N–H and O–H groups in total. The summed E-state index contributed by atoms with van der Waals surface area (Å²) >= 11 is 0. The van der Waals surface area contributed by atoms with Gasteiger partial charge < -0.3 is 9.84 Å². The van der Waals surface area contributed by atoms with Gasteiger partial charge in [-0.15, -0.1) is 0 Å². The van der Waals surface area contributed by atoms with Gasteiger partial charge in [-0.1, -0.05) is 25.9 Å². The van der Waals surface area contributed by atoms with Crippen molar-refractivity contribution < 1.29 is 4.52 Å². The Balaban J connectivity index is 1.98. The SMILES string of the molecule is CC(C)(C)c1noc(NCc2ccn[nH]2)n1. The highest BCUT2D eigenvalue weighted by molar-refractivity contribution is 5.21. The summed E-state index contributed by atoms with van der Waals surface area (Å²) in [6.07, 6.45) is 1.70. The van der Waals surface area contributed by atoms with E-state index in [0.29, 0.717) is 18.4 Å². The van der Waals surface area contributed by atoms with Gasteiger partial charge in [0.25, 0.3) is 0 Å². The zero-order valence-corrected chi connectivity index (χ0v) is 9.61. The van der Waals surface area contributed by atoms with Gasteiger partial charge in [0, 0.05) is 11.6 Å². The van der Waals surface area contributed by atoms with Gasteiger partial charge in [-0.3, -0.25) is 5.10 Å². The lowest BCUT2D eigenvalue weighted by molar-refractivity contribution is 0.402. The van der Waals surface area contributed by atoms with Crippen LogP contribution < -0.4 is 5.32 Å². The lowest BCUT2D eigenvalue weighted by atomic mass is 9.96. The minimum absolute atomic E-state index is 0.0998. The standard InChI is InChI=1S/C10H15N5O/c1-10(2,3)8-13-9(16-15-8)11-6-7-4-5-12-14-7/h4-5H,6H2,1-3H3,(H,12,14)(H,11,13,15). The van der Waals surface area contributed by atoms with E-state index in [9.17, 15) is 0 Å². The van der Waals surface area contributed by atoms with E-state index in [0.717, 1.165) is 5.69 Å². The van der Waals surface area contributed by atoms with E-state index in [-0.39, 0.29) is 5.41 Å². The molecule has 2 aromatic heterocycles. The normalized spacial score (nSPS) is 11.7. The van der Waals surface area contributed by atoms with Crippen molar-refractivity contribution in [1.29, 1.82) is 0 Å². The Morgan fingerprint density at radius 2 is 2.25 bits per heavy atom. The number of aromatic nitrogens is 4. The molecule has 0 aliphatic rings. The molecule has 0 unspecified atom stereocenters. The number of rotatable bonds is 3. The fourth-order valence-corrected chi connectivity index (χ4v) is 1.15. The van der Waals surface area contributed by atoms with Crippen LogP contribution in [0.2, 0.25) is 0 Å². The molecule has 0 fully saturated rings. The van der Waals surface area contributed by atoms with Gasteiger partial charge in [-0.05, 0) is 6.07 Å². The van der Waals surface area contributed by atoms with E-state index >= 15 is 0 Å². The van der Waals surface area contributed by atoms with Crippen LogP contribution in [0.1, 0.15) is 32.3 Å². The molecule has 2 heterocycles. The summed E-state index contributed by atoms with van der Waals surface area (Å²) in [5, 5.41) is 13.6. The molecule has 0 radical (unpaired) electrons. The van der Waals surface area contributed by atoms with Crippen molar-refractivity contribution in [2.24, 2.45) is 0 Å². The molecular formula is C10H15N5O. The summed E-state index contributed by atoms with van der Waals surface area (Å²) in [5.41, 5.74) is 0.868. The first-order valence-electron chi connectivity index (χ1n) is 5.12. The van der Waals surface area contributed by atoms with Gasteiger partial charge in [0.1, 0.15) is 0 Å². The molecule has 0 aromatic carbocycles. The van der Waals surface area contributed by atoms with E-state index < -0.39 is 0 Å². The van der Waals surface area contributed by atoms with Crippen LogP contribution >= 0.6 is 0 Å². The molecule has 0 amide bonds. The van der Waals surface area contributed by atoms with E-state index in [2.05, 4.69) is 25.7 Å². The predicted molar refractivity (Wildman–Crippen MR) is 58.9 cm³/mol. The second kappa shape index (κ2) is 3.96. The summed E-state index contributed by atoms with van der Waals surface area (Å²) in [5.74, 6) is 0.694. The third kappa shape index (κ3) is 2.39. The molecule has 0 aliphatic heterocycles. The molecule has 2 aromatic rings. The average Bonchev–Trinajstić information content (AvgIpc) is 2.85. The zero-order chi connectivity index (χ0) is 11.6. The van der Waals surface area contributed by atoms with Gasteiger partial charge in [-0.25, -0.2) is 0 Å². The van der Waals surface area contributed by atoms with Crippen molar-refractivity contribution in [3.63, 3.8) is 0 Å². The van der Waals surface area contributed by atoms with Crippen LogP contribution in [0.5, 0.6) is 0 Å². The fraction of sp³-hybridized carbons (Fsp3) is 0.500. The van der Waals surface area contributed by atoms with Crippen molar-refractivity contribution in [2.45, 2.75) is 32.7 Å². The smallest absolute Gasteiger partial charge is 0.321 e. The van der Waals surface area contributed by atoms with Gasteiger partial charge in [0.05, 0.1) is 12.2 Å². The van der Waals surface area contributed by atoms with Crippen LogP contribution in [0.25, 0.3) is 0 Å². The van der Waals surface area contributed by atoms with Gasteiger partial charge in [-0.2, -0.15) is 10.1 Å². The molecule has 0 atom stereocenters. The number of H-pyrrole nitrogens is 1. The summed E-state index contributed by atoms with van der Waals surface area (Å²) < 4.78 is 5.08. The molecule has 0 saturated heterocycles. The first-order valence-corrected chi connectivity index (χ1v) is 5.12. The average molecular weight is 221 g/mol. The van der Waals surface area contributed by atoms with Crippen LogP contribution in [0.4, 0.5) is 6.01 Å². The molecule has 0 spiro atoms. The van der Waals surface area contributed by atoms with Gasteiger partial charge in [0.15, 0.2) is 5.82 Å². The molecule has 86 valence electrons. The lowest BCUT2D eigenvalue weighted by Gasteiger charge is -2.10. The van der Waals surface area contributed by atoms with Crippen molar-refractivity contribution in [2.75, 3.05) is 5.32 Å². The van der Waals surface area contributed by atoms with Gasteiger partial charge >= 0.3 is 6.01 Å². The Morgan fingerprint density at radius 3 is 2.81 bits per heavy atom. The lowest BCUT2D eigenvalue weighted by Crippen LogP contribution is -2.13. The maximum absolute atomic E-state index is 5.08. The van der Waals surface area contributed by atoms with Crippen molar-refractivity contribution in [3.05, 3.63) is 23.8 Å². The summed E-state index contributed by atoms with van der Waals surface area (Å²) in [4.78, 5) is 4.26. The Kier molecular flexibility index (Phi) is 2.64. The van der Waals surface area contributed by atoms with E-state index in [1.165, 1.54) is 0 Å². The zero-order valence-electron chi connectivity index (χ0n) is 9.61. The number of nitrogens with zero attached hydrogens (tertiary/aromatic N) is 3. The molecule has 0 saturated carbocycles. The van der Waals surface area contributed by atoms with Crippen molar-refractivity contribution in [3.8, 4) is 0 Å². The largest absolute Gasteiger partial charge is 0.332 e. The number of anilines is 1. The topological polar surface area (TPSA) is 79.6 Å². The Hall–Kier alpha value is -1.85. The third-order valence-corrected chi connectivity index (χ3v) is 2.09. The van der Waals surface area contributed by atoms with E-state index in [1.54, 1.807) is 6.20 Å². The van der Waals surface area contributed by atoms with Crippen LogP contribution in [-0.2, 0) is 12.0 Å². The Labute approximate surface area is 93.4 Å². The number of hydrogen-bond donors (Lipinski definition) is 2. The van der Waals surface area contributed by atoms with Crippen LogP contribution in [-0.4, -0.2) is 20.3 Å². The molecule has 0 aliphatic carbocycles. The minimum atomic E-state index is -0.0998. The quantitative estimate of drug-likeness (QED) is 0.824. The second-order valence-corrected chi connectivity index (χ2v) is 4.61. The Morgan fingerprint density at radius 1 is 1.44 bits per heavy atom. The molecular weight excluding hydrogens is 206 g/mol. The summed E-state index contributed by atoms with van der Waals surface area (Å²) in [6, 6.07) is 2.31. The highest BCUT2D eigenvalue weighted by Crippen LogP contribution is 2.19. The third-order valence-electron chi connectivity index (χ3n) is 2.09. The van der Waals surface area contributed by atoms with Gasteiger partial charge in [0.2, 0.25) is 0 Å². The highest BCUT2D eigenvalue weighted by atomic mass is 16.5. The van der Waals surface area contributed by atoms with Crippen molar-refractivity contribution in [1.82, 2.24) is 20.3 Å². The molecule has 6 heteroatoms. The highest BCUT2D eigenvalue weighted by Gasteiger charge is 2.20. The number of nitrogens with one attached hydrogen (secondary N) is 2. The molecule has 2 rings (SSSR count). The Bertz CT molecular complexity index is 440. The maximum atomic E-state index is 5.08. The maximum Gasteiger partial charge on any atom is 0.321 e. The molecule has 6 nitrogen and oxygen atoms in total. The van der Waals surface area contributed by atoms with Crippen LogP contribution in [0.3, 0.4) is 0 Å². The first kappa shape index (κ1) is 10.7. The van der Waals surface area contributed by atoms with Crippen molar-refractivity contribution >= 4 is 6.01 Å². The van der Waals surface area contributed by atoms with Crippen LogP contribution in [0, 0.1) is 0 Å². The first-order chi connectivity index (χ1) is 7.55. The monoisotopic (exact) mass is 221 g/mol. The van der Waals surface area contributed by atoms with Crippen LogP contribution in [0.15, 0.2) is 16.8 Å². The fourth-order valence-electron chi connectivity index (χ4n) is 1.15. The minimum Gasteiger partial charge on any atom is -0.332 e. The van der Waals surface area contributed by atoms with E-state index in [1.807, 2.05) is 26.8 Å². The second-order valence-electron chi connectivity index (χ2n) is 4.61. The molecule has 0 bridgehead atoms. The van der Waals surface area contributed by atoms with E-state index in [4.69, 9.17) is 4.52 Å². The number of aromatic amines is 1.